The lowest BCUT2D eigenvalue weighted by atomic mass is 9.74. The van der Waals surface area contributed by atoms with Gasteiger partial charge in [-0.3, -0.25) is 4.79 Å². The van der Waals surface area contributed by atoms with Crippen LogP contribution in [0.4, 0.5) is 5.69 Å². The Balaban J connectivity index is 1.50. The first kappa shape index (κ1) is 25.3. The summed E-state index contributed by atoms with van der Waals surface area (Å²) >= 11 is 6.51. The zero-order chi connectivity index (χ0) is 27.4. The highest BCUT2D eigenvalue weighted by Gasteiger charge is 2.57. The fourth-order valence-electron chi connectivity index (χ4n) is 5.94. The van der Waals surface area contributed by atoms with Gasteiger partial charge in [0, 0.05) is 41.4 Å². The Bertz CT molecular complexity index is 1610. The zero-order valence-electron chi connectivity index (χ0n) is 22.5. The van der Waals surface area contributed by atoms with E-state index >= 15 is 0 Å². The molecule has 3 heterocycles. The molecular weight excluding hydrogens is 508 g/mol. The van der Waals surface area contributed by atoms with E-state index in [1.54, 1.807) is 7.11 Å². The molecule has 198 valence electrons. The first-order chi connectivity index (χ1) is 18.7. The number of fused-ring (bicyclic) bond motifs is 3. The van der Waals surface area contributed by atoms with Crippen LogP contribution < -0.4 is 15.0 Å². The van der Waals surface area contributed by atoms with Gasteiger partial charge in [-0.05, 0) is 55.0 Å². The van der Waals surface area contributed by atoms with Crippen molar-refractivity contribution in [1.29, 1.82) is 0 Å². The molecule has 1 unspecified atom stereocenters. The third kappa shape index (κ3) is 4.02. The molecule has 6 rings (SSSR count). The lowest BCUT2D eigenvalue weighted by Crippen LogP contribution is -2.68. The van der Waals surface area contributed by atoms with Crippen LogP contribution >= 0.6 is 11.6 Å². The van der Waals surface area contributed by atoms with Crippen molar-refractivity contribution in [3.63, 3.8) is 0 Å². The molecule has 1 aromatic heterocycles. The van der Waals surface area contributed by atoms with E-state index in [4.69, 9.17) is 21.4 Å². The van der Waals surface area contributed by atoms with Crippen LogP contribution in [0.1, 0.15) is 37.0 Å². The quantitative estimate of drug-likeness (QED) is 0.313. The molecule has 0 spiro atoms. The van der Waals surface area contributed by atoms with Crippen molar-refractivity contribution in [2.75, 3.05) is 18.6 Å². The summed E-state index contributed by atoms with van der Waals surface area (Å²) in [4.78, 5) is 15.2. The molecule has 2 aliphatic heterocycles. The van der Waals surface area contributed by atoms with Gasteiger partial charge < -0.3 is 15.0 Å². The van der Waals surface area contributed by atoms with Gasteiger partial charge in [-0.1, -0.05) is 67.4 Å². The molecule has 4 aromatic rings. The summed E-state index contributed by atoms with van der Waals surface area (Å²) in [6.07, 6.45) is 6.70. The molecule has 1 fully saturated rings. The Morgan fingerprint density at radius 1 is 1.08 bits per heavy atom. The number of carbonyl (C=O) groups is 1. The number of nitrogens with zero attached hydrogens (tertiary/aromatic N) is 3. The predicted molar refractivity (Wildman–Crippen MR) is 157 cm³/mol. The van der Waals surface area contributed by atoms with Crippen LogP contribution in [0, 0.1) is 6.92 Å². The Hall–Kier alpha value is -4.03. The molecule has 1 saturated heterocycles. The highest BCUT2D eigenvalue weighted by molar-refractivity contribution is 6.32. The molecule has 2 aliphatic rings. The molecule has 0 bridgehead atoms. The number of ether oxygens (including phenoxy) is 1. The van der Waals surface area contributed by atoms with Gasteiger partial charge in [0.2, 0.25) is 5.91 Å². The van der Waals surface area contributed by atoms with Crippen LogP contribution in [0.15, 0.2) is 79.0 Å². The molecule has 39 heavy (non-hydrogen) atoms. The lowest BCUT2D eigenvalue weighted by Gasteiger charge is -2.49. The van der Waals surface area contributed by atoms with Gasteiger partial charge in [-0.2, -0.15) is 5.10 Å². The molecule has 0 radical (unpaired) electrons. The van der Waals surface area contributed by atoms with Crippen molar-refractivity contribution in [2.24, 2.45) is 0 Å². The van der Waals surface area contributed by atoms with E-state index in [0.717, 1.165) is 28.2 Å². The molecule has 1 amide bonds. The SMILES string of the molecule is COc1ccc(-c2nn(-c3ccccc3)cc2/C=C/C23NC(=O)CCN2c2ccc(C)cc2C3(C)C)cc1Cl. The fourth-order valence-corrected chi connectivity index (χ4v) is 6.20. The maximum absolute atomic E-state index is 12.9. The molecule has 1 N–H and O–H groups in total. The van der Waals surface area contributed by atoms with Crippen LogP contribution in [0.5, 0.6) is 5.75 Å². The number of hydrogen-bond donors (Lipinski definition) is 1. The summed E-state index contributed by atoms with van der Waals surface area (Å²) in [6, 6.07) is 22.3. The number of para-hydroxylation sites is 1. The molecule has 0 aliphatic carbocycles. The minimum atomic E-state index is -0.720. The minimum absolute atomic E-state index is 0.0515. The maximum Gasteiger partial charge on any atom is 0.223 e. The Morgan fingerprint density at radius 2 is 1.87 bits per heavy atom. The number of nitrogens with one attached hydrogen (secondary N) is 1. The van der Waals surface area contributed by atoms with Crippen molar-refractivity contribution >= 4 is 29.3 Å². The van der Waals surface area contributed by atoms with E-state index in [1.807, 2.05) is 59.4 Å². The summed E-state index contributed by atoms with van der Waals surface area (Å²) in [6.45, 7) is 7.18. The smallest absolute Gasteiger partial charge is 0.223 e. The van der Waals surface area contributed by atoms with Gasteiger partial charge in [0.15, 0.2) is 0 Å². The summed E-state index contributed by atoms with van der Waals surface area (Å²) in [5, 5.41) is 8.86. The second kappa shape index (κ2) is 9.31. The maximum atomic E-state index is 12.9. The van der Waals surface area contributed by atoms with Gasteiger partial charge in [0.25, 0.3) is 0 Å². The third-order valence-corrected chi connectivity index (χ3v) is 8.38. The largest absolute Gasteiger partial charge is 0.495 e. The molecule has 3 aromatic carbocycles. The molecule has 0 saturated carbocycles. The number of aromatic nitrogens is 2. The van der Waals surface area contributed by atoms with Crippen molar-refractivity contribution < 1.29 is 9.53 Å². The highest BCUT2D eigenvalue weighted by Crippen LogP contribution is 2.52. The van der Waals surface area contributed by atoms with E-state index in [0.29, 0.717) is 23.7 Å². The van der Waals surface area contributed by atoms with Gasteiger partial charge in [0.1, 0.15) is 11.4 Å². The summed E-state index contributed by atoms with van der Waals surface area (Å²) < 4.78 is 7.24. The van der Waals surface area contributed by atoms with Crippen molar-refractivity contribution in [3.05, 3.63) is 101 Å². The van der Waals surface area contributed by atoms with E-state index < -0.39 is 5.66 Å². The normalized spacial score (nSPS) is 19.6. The average Bonchev–Trinajstić information content (AvgIpc) is 3.43. The van der Waals surface area contributed by atoms with Crippen LogP contribution in [0.2, 0.25) is 5.02 Å². The van der Waals surface area contributed by atoms with Crippen LogP contribution in [-0.4, -0.2) is 35.0 Å². The van der Waals surface area contributed by atoms with Gasteiger partial charge in [-0.15, -0.1) is 0 Å². The molecule has 7 heteroatoms. The summed E-state index contributed by atoms with van der Waals surface area (Å²) in [5.74, 6) is 0.663. The Labute approximate surface area is 233 Å². The second-order valence-electron chi connectivity index (χ2n) is 10.8. The van der Waals surface area contributed by atoms with Crippen molar-refractivity contribution in [3.8, 4) is 22.7 Å². The Kier molecular flexibility index (Phi) is 6.03. The number of aryl methyl sites for hydroxylation is 1. The molecule has 6 nitrogen and oxygen atoms in total. The highest BCUT2D eigenvalue weighted by atomic mass is 35.5. The number of carbonyl (C=O) groups excluding carboxylic acids is 1. The number of hydrogen-bond acceptors (Lipinski definition) is 4. The van der Waals surface area contributed by atoms with Crippen LogP contribution in [0.3, 0.4) is 0 Å². The summed E-state index contributed by atoms with van der Waals surface area (Å²) in [7, 11) is 1.60. The number of methoxy groups -OCH3 is 1. The third-order valence-electron chi connectivity index (χ3n) is 8.08. The number of halogens is 1. The fraction of sp³-hybridized carbons (Fsp3) is 0.250. The lowest BCUT2D eigenvalue weighted by molar-refractivity contribution is -0.124. The van der Waals surface area contributed by atoms with E-state index in [1.165, 1.54) is 11.1 Å². The number of benzene rings is 3. The van der Waals surface area contributed by atoms with Crippen molar-refractivity contribution in [2.45, 2.75) is 38.3 Å². The van der Waals surface area contributed by atoms with Crippen LogP contribution in [-0.2, 0) is 10.2 Å². The predicted octanol–water partition coefficient (Wildman–Crippen LogP) is 6.54. The molecular formula is C32H31ClN4O2. The monoisotopic (exact) mass is 538 g/mol. The molecule has 1 atom stereocenters. The standard InChI is InChI=1S/C32H31ClN4O2/c1-21-10-12-27-25(18-21)31(2,3)32(34-29(38)15-17-36(27)32)16-14-23-20-37(24-8-6-5-7-9-24)35-30(23)22-11-13-28(39-4)26(33)19-22/h5-14,16,18-20H,15,17H2,1-4H3,(H,34,38)/b16-14+. The first-order valence-electron chi connectivity index (χ1n) is 13.1. The van der Waals surface area contributed by atoms with E-state index in [2.05, 4.69) is 61.3 Å². The average molecular weight is 539 g/mol. The topological polar surface area (TPSA) is 59.4 Å². The number of rotatable bonds is 5. The van der Waals surface area contributed by atoms with E-state index in [-0.39, 0.29) is 11.3 Å². The minimum Gasteiger partial charge on any atom is -0.495 e. The first-order valence-corrected chi connectivity index (χ1v) is 13.5. The van der Waals surface area contributed by atoms with Gasteiger partial charge >= 0.3 is 0 Å². The van der Waals surface area contributed by atoms with Gasteiger partial charge in [0.05, 0.1) is 23.5 Å². The van der Waals surface area contributed by atoms with Crippen molar-refractivity contribution in [1.82, 2.24) is 15.1 Å². The summed E-state index contributed by atoms with van der Waals surface area (Å²) in [5.41, 5.74) is 6.03. The number of amides is 1. The second-order valence-corrected chi connectivity index (χ2v) is 11.2. The zero-order valence-corrected chi connectivity index (χ0v) is 23.3. The van der Waals surface area contributed by atoms with Crippen LogP contribution in [0.25, 0.3) is 23.0 Å². The van der Waals surface area contributed by atoms with E-state index in [9.17, 15) is 4.79 Å². The number of anilines is 1. The van der Waals surface area contributed by atoms with Gasteiger partial charge in [-0.25, -0.2) is 4.68 Å². The Morgan fingerprint density at radius 3 is 2.62 bits per heavy atom.